The minimum Gasteiger partial charge on any atom is -0.478 e. The summed E-state index contributed by atoms with van der Waals surface area (Å²) in [6, 6.07) is 25.0. The van der Waals surface area contributed by atoms with Crippen LogP contribution < -0.4 is 0 Å². The molecule has 158 valence electrons. The topological polar surface area (TPSA) is 76.2 Å². The van der Waals surface area contributed by atoms with E-state index >= 15 is 0 Å². The van der Waals surface area contributed by atoms with Gasteiger partial charge in [-0.05, 0) is 47.2 Å². The Labute approximate surface area is 186 Å². The van der Waals surface area contributed by atoms with Crippen molar-refractivity contribution in [1.29, 1.82) is 0 Å². The van der Waals surface area contributed by atoms with Crippen LogP contribution in [0.25, 0.3) is 55.2 Å². The van der Waals surface area contributed by atoms with Gasteiger partial charge in [0.15, 0.2) is 5.76 Å². The van der Waals surface area contributed by atoms with Crippen molar-refractivity contribution in [1.82, 2.24) is 10.1 Å². The Morgan fingerprint density at radius 1 is 0.818 bits per heavy atom. The number of halogens is 1. The predicted octanol–water partition coefficient (Wildman–Crippen LogP) is 6.70. The Kier molecular flexibility index (Phi) is 4.20. The number of carboxylic acids is 1. The van der Waals surface area contributed by atoms with Crippen LogP contribution in [0.5, 0.6) is 0 Å². The molecule has 5 nitrogen and oxygen atoms in total. The molecule has 0 atom stereocenters. The van der Waals surface area contributed by atoms with Gasteiger partial charge in [0.1, 0.15) is 11.3 Å². The van der Waals surface area contributed by atoms with Gasteiger partial charge in [0.2, 0.25) is 0 Å². The zero-order valence-corrected chi connectivity index (χ0v) is 17.1. The Bertz CT molecular complexity index is 1720. The largest absolute Gasteiger partial charge is 0.478 e. The summed E-state index contributed by atoms with van der Waals surface area (Å²) in [6.07, 6.45) is 0. The lowest BCUT2D eigenvalue weighted by Gasteiger charge is -2.08. The number of rotatable bonds is 3. The number of benzene rings is 4. The monoisotopic (exact) mass is 434 g/mol. The predicted molar refractivity (Wildman–Crippen MR) is 125 cm³/mol. The lowest BCUT2D eigenvalue weighted by molar-refractivity contribution is 0.0699. The van der Waals surface area contributed by atoms with Crippen LogP contribution in [0.4, 0.5) is 4.39 Å². The van der Waals surface area contributed by atoms with Crippen LogP contribution in [0.1, 0.15) is 10.4 Å². The molecule has 0 aliphatic rings. The summed E-state index contributed by atoms with van der Waals surface area (Å²) in [4.78, 5) is 16.5. The van der Waals surface area contributed by atoms with Crippen LogP contribution in [0.15, 0.2) is 89.5 Å². The number of aromatic carboxylic acids is 1. The first-order chi connectivity index (χ1) is 16.1. The maximum absolute atomic E-state index is 13.7. The number of pyridine rings is 1. The van der Waals surface area contributed by atoms with Crippen molar-refractivity contribution in [2.45, 2.75) is 0 Å². The molecule has 0 unspecified atom stereocenters. The van der Waals surface area contributed by atoms with E-state index in [0.29, 0.717) is 28.1 Å². The molecule has 0 aliphatic carbocycles. The Morgan fingerprint density at radius 3 is 2.52 bits per heavy atom. The van der Waals surface area contributed by atoms with Crippen molar-refractivity contribution >= 4 is 38.5 Å². The summed E-state index contributed by atoms with van der Waals surface area (Å²) >= 11 is 0. The SMILES string of the molecule is O=C(O)c1cc(-c2ccc3noc(-c4cccc5ccccc45)c3c2)nc2ccc(F)cc12. The molecule has 4 aromatic carbocycles. The van der Waals surface area contributed by atoms with E-state index in [-0.39, 0.29) is 10.9 Å². The zero-order chi connectivity index (χ0) is 22.5. The molecule has 6 aromatic rings. The fourth-order valence-corrected chi connectivity index (χ4v) is 4.24. The van der Waals surface area contributed by atoms with Gasteiger partial charge in [-0.25, -0.2) is 14.2 Å². The third kappa shape index (κ3) is 3.11. The molecule has 2 aromatic heterocycles. The maximum Gasteiger partial charge on any atom is 0.336 e. The van der Waals surface area contributed by atoms with E-state index in [2.05, 4.69) is 10.1 Å². The van der Waals surface area contributed by atoms with E-state index in [4.69, 9.17) is 4.52 Å². The van der Waals surface area contributed by atoms with Crippen molar-refractivity contribution in [3.63, 3.8) is 0 Å². The van der Waals surface area contributed by atoms with Gasteiger partial charge in [-0.1, -0.05) is 53.7 Å². The Hall–Kier alpha value is -4.58. The van der Waals surface area contributed by atoms with Crippen molar-refractivity contribution < 1.29 is 18.8 Å². The summed E-state index contributed by atoms with van der Waals surface area (Å²) in [5.41, 5.74) is 3.18. The quantitative estimate of drug-likeness (QED) is 0.335. The van der Waals surface area contributed by atoms with Gasteiger partial charge in [0, 0.05) is 16.5 Å². The molecule has 6 rings (SSSR count). The Balaban J connectivity index is 1.57. The first-order valence-corrected chi connectivity index (χ1v) is 10.3. The standard InChI is InChI=1S/C27H15FN2O3/c28-17-9-11-23-20(13-17)21(27(31)32)14-25(29-23)16-8-10-24-22(12-16)26(33-30-24)19-7-3-5-15-4-1-2-6-18(15)19/h1-14H,(H,31,32). The van der Waals surface area contributed by atoms with Gasteiger partial charge < -0.3 is 9.63 Å². The lowest BCUT2D eigenvalue weighted by Crippen LogP contribution is -2.00. The number of carbonyl (C=O) groups is 1. The van der Waals surface area contributed by atoms with Crippen LogP contribution in [0, 0.1) is 5.82 Å². The van der Waals surface area contributed by atoms with E-state index < -0.39 is 11.8 Å². The molecule has 0 amide bonds. The van der Waals surface area contributed by atoms with E-state index in [1.54, 1.807) is 0 Å². The Morgan fingerprint density at radius 2 is 1.64 bits per heavy atom. The summed E-state index contributed by atoms with van der Waals surface area (Å²) in [5, 5.41) is 17.1. The number of hydrogen-bond acceptors (Lipinski definition) is 4. The van der Waals surface area contributed by atoms with E-state index in [0.717, 1.165) is 21.7 Å². The minimum atomic E-state index is -1.14. The summed E-state index contributed by atoms with van der Waals surface area (Å²) < 4.78 is 19.5. The number of fused-ring (bicyclic) bond motifs is 3. The van der Waals surface area contributed by atoms with Crippen LogP contribution in [-0.2, 0) is 0 Å². The van der Waals surface area contributed by atoms with E-state index in [1.165, 1.54) is 24.3 Å². The second-order valence-electron chi connectivity index (χ2n) is 7.79. The third-order valence-electron chi connectivity index (χ3n) is 5.81. The van der Waals surface area contributed by atoms with Gasteiger partial charge in [0.05, 0.1) is 22.2 Å². The fourth-order valence-electron chi connectivity index (χ4n) is 4.24. The first kappa shape index (κ1) is 19.1. The number of hydrogen-bond donors (Lipinski definition) is 1. The van der Waals surface area contributed by atoms with Gasteiger partial charge in [-0.3, -0.25) is 0 Å². The molecule has 33 heavy (non-hydrogen) atoms. The second kappa shape index (κ2) is 7.24. The average Bonchev–Trinajstić information content (AvgIpc) is 3.26. The van der Waals surface area contributed by atoms with Crippen molar-refractivity contribution in [3.05, 3.63) is 96.3 Å². The number of aromatic nitrogens is 2. The third-order valence-corrected chi connectivity index (χ3v) is 5.81. The molecule has 0 saturated heterocycles. The van der Waals surface area contributed by atoms with Crippen LogP contribution in [0.2, 0.25) is 0 Å². The smallest absolute Gasteiger partial charge is 0.336 e. The van der Waals surface area contributed by atoms with E-state index in [9.17, 15) is 14.3 Å². The fraction of sp³-hybridized carbons (Fsp3) is 0. The van der Waals surface area contributed by atoms with Crippen molar-refractivity contribution in [2.75, 3.05) is 0 Å². The minimum absolute atomic E-state index is 0.00538. The van der Waals surface area contributed by atoms with Crippen LogP contribution in [0.3, 0.4) is 0 Å². The van der Waals surface area contributed by atoms with Gasteiger partial charge in [0.25, 0.3) is 0 Å². The van der Waals surface area contributed by atoms with E-state index in [1.807, 2.05) is 60.7 Å². The molecule has 2 heterocycles. The molecule has 0 aliphatic heterocycles. The van der Waals surface area contributed by atoms with Crippen molar-refractivity contribution in [2.24, 2.45) is 0 Å². The normalized spacial score (nSPS) is 11.4. The average molecular weight is 434 g/mol. The first-order valence-electron chi connectivity index (χ1n) is 10.3. The molecular weight excluding hydrogens is 419 g/mol. The summed E-state index contributed by atoms with van der Waals surface area (Å²) in [7, 11) is 0. The lowest BCUT2D eigenvalue weighted by atomic mass is 9.99. The summed E-state index contributed by atoms with van der Waals surface area (Å²) in [5.74, 6) is -1.02. The zero-order valence-electron chi connectivity index (χ0n) is 17.1. The highest BCUT2D eigenvalue weighted by atomic mass is 19.1. The molecule has 0 spiro atoms. The van der Waals surface area contributed by atoms with Gasteiger partial charge in [-0.2, -0.15) is 0 Å². The van der Waals surface area contributed by atoms with Crippen LogP contribution in [-0.4, -0.2) is 21.2 Å². The van der Waals surface area contributed by atoms with Gasteiger partial charge in [-0.15, -0.1) is 0 Å². The summed E-state index contributed by atoms with van der Waals surface area (Å²) in [6.45, 7) is 0. The molecule has 6 heteroatoms. The molecular formula is C27H15FN2O3. The second-order valence-corrected chi connectivity index (χ2v) is 7.79. The molecule has 0 saturated carbocycles. The van der Waals surface area contributed by atoms with Crippen LogP contribution >= 0.6 is 0 Å². The molecule has 1 N–H and O–H groups in total. The number of nitrogens with zero attached hydrogens (tertiary/aromatic N) is 2. The molecule has 0 bridgehead atoms. The highest BCUT2D eigenvalue weighted by Gasteiger charge is 2.17. The van der Waals surface area contributed by atoms with Crippen molar-refractivity contribution in [3.8, 4) is 22.6 Å². The number of carboxylic acid groups (broad SMARTS) is 1. The highest BCUT2D eigenvalue weighted by Crippen LogP contribution is 2.36. The highest BCUT2D eigenvalue weighted by molar-refractivity contribution is 6.05. The maximum atomic E-state index is 13.7. The molecule has 0 radical (unpaired) electrons. The molecule has 0 fully saturated rings. The van der Waals surface area contributed by atoms with Gasteiger partial charge >= 0.3 is 5.97 Å².